The summed E-state index contributed by atoms with van der Waals surface area (Å²) in [7, 11) is 3.79. The van der Waals surface area contributed by atoms with Gasteiger partial charge in [0.1, 0.15) is 0 Å². The van der Waals surface area contributed by atoms with Crippen LogP contribution in [0.1, 0.15) is 20.7 Å². The maximum Gasteiger partial charge on any atom is 0.271 e. The summed E-state index contributed by atoms with van der Waals surface area (Å²) in [5, 5.41) is 0.861. The van der Waals surface area contributed by atoms with E-state index in [-0.39, 0.29) is 5.91 Å². The fourth-order valence-corrected chi connectivity index (χ4v) is 2.47. The van der Waals surface area contributed by atoms with Crippen LogP contribution in [-0.4, -0.2) is 30.9 Å². The molecule has 3 aromatic rings. The first-order valence-corrected chi connectivity index (χ1v) is 7.78. The molecule has 0 aliphatic carbocycles. The number of hydrazine groups is 1. The summed E-state index contributed by atoms with van der Waals surface area (Å²) in [6, 6.07) is 16.1. The van der Waals surface area contributed by atoms with Crippen molar-refractivity contribution in [2.24, 2.45) is 0 Å². The molecule has 0 aliphatic heterocycles. The molecule has 0 saturated heterocycles. The average Bonchev–Trinajstić information content (AvgIpc) is 2.65. The number of para-hydroxylation sites is 1. The van der Waals surface area contributed by atoms with Crippen molar-refractivity contribution in [2.45, 2.75) is 0 Å². The zero-order valence-corrected chi connectivity index (χ0v) is 14.0. The molecule has 0 atom stereocenters. The van der Waals surface area contributed by atoms with Gasteiger partial charge in [-0.15, -0.1) is 0 Å². The number of carbonyl (C=O) groups excluding carboxylic acids is 2. The van der Waals surface area contributed by atoms with Crippen molar-refractivity contribution in [2.75, 3.05) is 19.0 Å². The highest BCUT2D eigenvalue weighted by Gasteiger charge is 2.13. The number of pyridine rings is 1. The van der Waals surface area contributed by atoms with Gasteiger partial charge in [0, 0.05) is 36.9 Å². The van der Waals surface area contributed by atoms with Gasteiger partial charge in [-0.2, -0.15) is 0 Å². The van der Waals surface area contributed by atoms with Crippen LogP contribution in [0.15, 0.2) is 60.8 Å². The van der Waals surface area contributed by atoms with E-state index in [1.807, 2.05) is 43.3 Å². The topological polar surface area (TPSA) is 74.3 Å². The fourth-order valence-electron chi connectivity index (χ4n) is 2.47. The minimum atomic E-state index is -0.415. The van der Waals surface area contributed by atoms with Crippen molar-refractivity contribution < 1.29 is 9.59 Å². The molecule has 0 bridgehead atoms. The summed E-state index contributed by atoms with van der Waals surface area (Å²) in [5.41, 5.74) is 7.24. The Bertz CT molecular complexity index is 932. The second kappa shape index (κ2) is 7.00. The lowest BCUT2D eigenvalue weighted by Gasteiger charge is -2.14. The third-order valence-corrected chi connectivity index (χ3v) is 3.79. The number of anilines is 1. The molecule has 6 nitrogen and oxygen atoms in total. The molecule has 1 heterocycles. The van der Waals surface area contributed by atoms with Gasteiger partial charge < -0.3 is 4.90 Å². The maximum atomic E-state index is 12.4. The van der Waals surface area contributed by atoms with Crippen LogP contribution in [0.5, 0.6) is 0 Å². The summed E-state index contributed by atoms with van der Waals surface area (Å²) < 4.78 is 0. The monoisotopic (exact) mass is 334 g/mol. The van der Waals surface area contributed by atoms with Gasteiger partial charge in [0.15, 0.2) is 0 Å². The van der Waals surface area contributed by atoms with Crippen LogP contribution >= 0.6 is 0 Å². The van der Waals surface area contributed by atoms with Gasteiger partial charge in [-0.25, -0.2) is 0 Å². The first-order chi connectivity index (χ1) is 12.1. The maximum absolute atomic E-state index is 12.4. The van der Waals surface area contributed by atoms with Crippen LogP contribution < -0.4 is 15.8 Å². The first-order valence-electron chi connectivity index (χ1n) is 7.78. The van der Waals surface area contributed by atoms with E-state index >= 15 is 0 Å². The highest BCUT2D eigenvalue weighted by Crippen LogP contribution is 2.16. The van der Waals surface area contributed by atoms with E-state index < -0.39 is 5.91 Å². The number of rotatable bonds is 3. The van der Waals surface area contributed by atoms with Crippen LogP contribution in [0.4, 0.5) is 5.69 Å². The second-order valence-corrected chi connectivity index (χ2v) is 5.73. The van der Waals surface area contributed by atoms with Crippen LogP contribution in [-0.2, 0) is 0 Å². The van der Waals surface area contributed by atoms with Crippen LogP contribution in [0.2, 0.25) is 0 Å². The van der Waals surface area contributed by atoms with Gasteiger partial charge in [-0.1, -0.05) is 24.3 Å². The average molecular weight is 334 g/mol. The smallest absolute Gasteiger partial charge is 0.271 e. The summed E-state index contributed by atoms with van der Waals surface area (Å²) >= 11 is 0. The normalized spacial score (nSPS) is 10.3. The van der Waals surface area contributed by atoms with Crippen molar-refractivity contribution in [1.29, 1.82) is 0 Å². The molecule has 0 fully saturated rings. The molecular formula is C19H18N4O2. The zero-order chi connectivity index (χ0) is 17.8. The number of hydrogen-bond donors (Lipinski definition) is 2. The molecule has 0 saturated carbocycles. The Morgan fingerprint density at radius 3 is 2.44 bits per heavy atom. The Morgan fingerprint density at radius 1 is 0.920 bits per heavy atom. The lowest BCUT2D eigenvalue weighted by Crippen LogP contribution is -2.41. The van der Waals surface area contributed by atoms with Gasteiger partial charge in [0.05, 0.1) is 11.1 Å². The number of hydrogen-bond acceptors (Lipinski definition) is 4. The van der Waals surface area contributed by atoms with Crippen molar-refractivity contribution >= 4 is 28.4 Å². The van der Waals surface area contributed by atoms with Crippen molar-refractivity contribution in [3.63, 3.8) is 0 Å². The molecule has 0 aliphatic rings. The van der Waals surface area contributed by atoms with Gasteiger partial charge in [0.2, 0.25) is 0 Å². The molecule has 1 aromatic heterocycles. The third-order valence-electron chi connectivity index (χ3n) is 3.79. The van der Waals surface area contributed by atoms with E-state index in [1.165, 1.54) is 0 Å². The Balaban J connectivity index is 1.73. The Morgan fingerprint density at radius 2 is 1.64 bits per heavy atom. The van der Waals surface area contributed by atoms with E-state index in [0.717, 1.165) is 11.1 Å². The molecule has 0 unspecified atom stereocenters. The number of nitrogens with zero attached hydrogens (tertiary/aromatic N) is 2. The van der Waals surface area contributed by atoms with Crippen molar-refractivity contribution in [3.05, 3.63) is 71.9 Å². The summed E-state index contributed by atoms with van der Waals surface area (Å²) in [5.74, 6) is -0.799. The molecule has 3 rings (SSSR count). The molecule has 6 heteroatoms. The van der Waals surface area contributed by atoms with E-state index in [9.17, 15) is 9.59 Å². The van der Waals surface area contributed by atoms with E-state index in [1.54, 1.807) is 36.5 Å². The van der Waals surface area contributed by atoms with Gasteiger partial charge in [0.25, 0.3) is 11.8 Å². The lowest BCUT2D eigenvalue weighted by atomic mass is 10.1. The Kier molecular flexibility index (Phi) is 4.61. The number of benzene rings is 2. The zero-order valence-electron chi connectivity index (χ0n) is 14.0. The van der Waals surface area contributed by atoms with E-state index in [0.29, 0.717) is 16.6 Å². The number of carbonyl (C=O) groups is 2. The highest BCUT2D eigenvalue weighted by atomic mass is 16.2. The SMILES string of the molecule is CN(C)c1cccc(C(=O)NNC(=O)c2cccc3cccnc23)c1. The van der Waals surface area contributed by atoms with Gasteiger partial charge in [-0.3, -0.25) is 25.4 Å². The highest BCUT2D eigenvalue weighted by molar-refractivity contribution is 6.06. The lowest BCUT2D eigenvalue weighted by molar-refractivity contribution is 0.0847. The largest absolute Gasteiger partial charge is 0.378 e. The van der Waals surface area contributed by atoms with Crippen molar-refractivity contribution in [3.8, 4) is 0 Å². The predicted molar refractivity (Wildman–Crippen MR) is 97.4 cm³/mol. The molecule has 2 N–H and O–H groups in total. The molecule has 0 radical (unpaired) electrons. The molecule has 126 valence electrons. The Labute approximate surface area is 145 Å². The van der Waals surface area contributed by atoms with E-state index in [4.69, 9.17) is 0 Å². The first kappa shape index (κ1) is 16.4. The van der Waals surface area contributed by atoms with Gasteiger partial charge >= 0.3 is 0 Å². The molecule has 2 aromatic carbocycles. The second-order valence-electron chi connectivity index (χ2n) is 5.73. The molecular weight excluding hydrogens is 316 g/mol. The minimum Gasteiger partial charge on any atom is -0.378 e. The minimum absolute atomic E-state index is 0.384. The number of amides is 2. The quantitative estimate of drug-likeness (QED) is 0.721. The van der Waals surface area contributed by atoms with Crippen LogP contribution in [0.3, 0.4) is 0 Å². The summed E-state index contributed by atoms with van der Waals surface area (Å²) in [6.07, 6.45) is 1.63. The standard InChI is InChI=1S/C19H18N4O2/c1-23(2)15-9-3-7-14(12-15)18(24)21-22-19(25)16-10-4-6-13-8-5-11-20-17(13)16/h3-12H,1-2H3,(H,21,24)(H,22,25). The third kappa shape index (κ3) is 3.58. The predicted octanol–water partition coefficient (Wildman–Crippen LogP) is 2.38. The number of nitrogens with one attached hydrogen (secondary N) is 2. The van der Waals surface area contributed by atoms with Crippen LogP contribution in [0, 0.1) is 0 Å². The van der Waals surface area contributed by atoms with Crippen LogP contribution in [0.25, 0.3) is 10.9 Å². The summed E-state index contributed by atoms with van der Waals surface area (Å²) in [6.45, 7) is 0. The number of aromatic nitrogens is 1. The number of fused-ring (bicyclic) bond motifs is 1. The van der Waals surface area contributed by atoms with Crippen molar-refractivity contribution in [1.82, 2.24) is 15.8 Å². The molecule has 2 amide bonds. The summed E-state index contributed by atoms with van der Waals surface area (Å²) in [4.78, 5) is 30.8. The Hall–Kier alpha value is -3.41. The van der Waals surface area contributed by atoms with Gasteiger partial charge in [-0.05, 0) is 30.3 Å². The molecule has 25 heavy (non-hydrogen) atoms. The van der Waals surface area contributed by atoms with E-state index in [2.05, 4.69) is 15.8 Å². The fraction of sp³-hybridized carbons (Fsp3) is 0.105. The molecule has 0 spiro atoms.